The molecule has 1 amide bonds. The predicted molar refractivity (Wildman–Crippen MR) is 133 cm³/mol. The highest BCUT2D eigenvalue weighted by atomic mass is 16.7. The zero-order valence-corrected chi connectivity index (χ0v) is 20.2. The molecule has 0 unspecified atom stereocenters. The fraction of sp³-hybridized carbons (Fsp3) is 0.429. The minimum atomic E-state index is -0.0382. The predicted octanol–water partition coefficient (Wildman–Crippen LogP) is 4.33. The first-order valence-electron chi connectivity index (χ1n) is 12.7. The Hall–Kier alpha value is -3.32. The Labute approximate surface area is 206 Å². The summed E-state index contributed by atoms with van der Waals surface area (Å²) in [4.78, 5) is 22.8. The molecule has 3 aliphatic rings. The number of amides is 1. The minimum Gasteiger partial charge on any atom is -0.454 e. The SMILES string of the molecule is CN1C(=O)[C@@H](CN2CCCCC2)C[C@H]1c1nc(-c2ccc3c(c2)OCO3)cn1Cc1ccccc1. The Morgan fingerprint density at radius 2 is 1.80 bits per heavy atom. The number of hydrogen-bond donors (Lipinski definition) is 0. The molecule has 2 aromatic carbocycles. The summed E-state index contributed by atoms with van der Waals surface area (Å²) in [5.74, 6) is 2.72. The van der Waals surface area contributed by atoms with Crippen molar-refractivity contribution in [1.29, 1.82) is 0 Å². The third-order valence-electron chi connectivity index (χ3n) is 7.57. The Kier molecular flexibility index (Phi) is 5.94. The van der Waals surface area contributed by atoms with Gasteiger partial charge in [0.05, 0.1) is 17.7 Å². The molecule has 1 aromatic heterocycles. The highest BCUT2D eigenvalue weighted by Gasteiger charge is 2.41. The van der Waals surface area contributed by atoms with Crippen LogP contribution in [-0.4, -0.2) is 58.7 Å². The lowest BCUT2D eigenvalue weighted by Gasteiger charge is -2.28. The second kappa shape index (κ2) is 9.38. The van der Waals surface area contributed by atoms with Crippen LogP contribution in [0.4, 0.5) is 0 Å². The minimum absolute atomic E-state index is 0.0268. The van der Waals surface area contributed by atoms with Gasteiger partial charge in [-0.05, 0) is 56.1 Å². The maximum Gasteiger partial charge on any atom is 0.231 e. The molecule has 182 valence electrons. The van der Waals surface area contributed by atoms with Crippen LogP contribution in [0.5, 0.6) is 11.5 Å². The molecule has 0 N–H and O–H groups in total. The van der Waals surface area contributed by atoms with E-state index in [1.807, 2.05) is 36.2 Å². The van der Waals surface area contributed by atoms with Gasteiger partial charge in [0, 0.05) is 31.9 Å². The monoisotopic (exact) mass is 472 g/mol. The van der Waals surface area contributed by atoms with Gasteiger partial charge in [-0.3, -0.25) is 4.79 Å². The van der Waals surface area contributed by atoms with E-state index in [1.165, 1.54) is 24.8 Å². The van der Waals surface area contributed by atoms with Crippen molar-refractivity contribution in [3.05, 3.63) is 66.1 Å². The summed E-state index contributed by atoms with van der Waals surface area (Å²) in [6.45, 7) is 4.03. The zero-order chi connectivity index (χ0) is 23.8. The first-order chi connectivity index (χ1) is 17.2. The molecule has 0 radical (unpaired) electrons. The molecule has 6 rings (SSSR count). The van der Waals surface area contributed by atoms with Crippen LogP contribution in [0.3, 0.4) is 0 Å². The summed E-state index contributed by atoms with van der Waals surface area (Å²) in [6, 6.07) is 16.3. The average molecular weight is 473 g/mol. The van der Waals surface area contributed by atoms with Gasteiger partial charge in [-0.2, -0.15) is 0 Å². The van der Waals surface area contributed by atoms with Crippen LogP contribution in [0.15, 0.2) is 54.7 Å². The summed E-state index contributed by atoms with van der Waals surface area (Å²) in [5, 5.41) is 0. The number of carbonyl (C=O) groups excluding carboxylic acids is 1. The maximum absolute atomic E-state index is 13.3. The molecule has 0 bridgehead atoms. The summed E-state index contributed by atoms with van der Waals surface area (Å²) in [7, 11) is 1.94. The van der Waals surface area contributed by atoms with E-state index >= 15 is 0 Å². The highest BCUT2D eigenvalue weighted by Crippen LogP contribution is 2.39. The molecular weight excluding hydrogens is 440 g/mol. The van der Waals surface area contributed by atoms with E-state index in [0.29, 0.717) is 6.54 Å². The molecule has 4 heterocycles. The summed E-state index contributed by atoms with van der Waals surface area (Å²) < 4.78 is 13.3. The molecular formula is C28H32N4O3. The number of aromatic nitrogens is 2. The van der Waals surface area contributed by atoms with Gasteiger partial charge in [0.15, 0.2) is 11.5 Å². The quantitative estimate of drug-likeness (QED) is 0.534. The zero-order valence-electron chi connectivity index (χ0n) is 20.2. The summed E-state index contributed by atoms with van der Waals surface area (Å²) >= 11 is 0. The number of carbonyl (C=O) groups is 1. The topological polar surface area (TPSA) is 59.8 Å². The molecule has 0 aliphatic carbocycles. The van der Waals surface area contributed by atoms with Crippen molar-refractivity contribution in [2.75, 3.05) is 33.5 Å². The van der Waals surface area contributed by atoms with Gasteiger partial charge >= 0.3 is 0 Å². The summed E-state index contributed by atoms with van der Waals surface area (Å²) in [6.07, 6.45) is 6.69. The van der Waals surface area contributed by atoms with Gasteiger partial charge in [0.2, 0.25) is 12.7 Å². The van der Waals surface area contributed by atoms with Crippen LogP contribution >= 0.6 is 0 Å². The van der Waals surface area contributed by atoms with E-state index in [4.69, 9.17) is 14.5 Å². The van der Waals surface area contributed by atoms with E-state index in [-0.39, 0.29) is 24.7 Å². The van der Waals surface area contributed by atoms with Gasteiger partial charge < -0.3 is 23.8 Å². The second-order valence-corrected chi connectivity index (χ2v) is 9.92. The number of imidazole rings is 1. The Balaban J connectivity index is 1.32. The van der Waals surface area contributed by atoms with Crippen molar-refractivity contribution >= 4 is 5.91 Å². The smallest absolute Gasteiger partial charge is 0.231 e. The fourth-order valence-electron chi connectivity index (χ4n) is 5.65. The van der Waals surface area contributed by atoms with Gasteiger partial charge in [0.25, 0.3) is 0 Å². The second-order valence-electron chi connectivity index (χ2n) is 9.92. The third kappa shape index (κ3) is 4.41. The van der Waals surface area contributed by atoms with Crippen LogP contribution in [0.1, 0.15) is 43.1 Å². The number of piperidine rings is 1. The van der Waals surface area contributed by atoms with E-state index < -0.39 is 0 Å². The van der Waals surface area contributed by atoms with Gasteiger partial charge in [-0.1, -0.05) is 36.8 Å². The number of fused-ring (bicyclic) bond motifs is 1. The third-order valence-corrected chi connectivity index (χ3v) is 7.57. The van der Waals surface area contributed by atoms with Crippen LogP contribution < -0.4 is 9.47 Å². The molecule has 0 saturated carbocycles. The van der Waals surface area contributed by atoms with Crippen molar-refractivity contribution in [2.45, 2.75) is 38.3 Å². The van der Waals surface area contributed by atoms with Crippen molar-refractivity contribution in [1.82, 2.24) is 19.4 Å². The maximum atomic E-state index is 13.3. The fourth-order valence-corrected chi connectivity index (χ4v) is 5.65. The van der Waals surface area contributed by atoms with E-state index in [2.05, 4.69) is 39.9 Å². The first kappa shape index (κ1) is 22.2. The van der Waals surface area contributed by atoms with E-state index in [0.717, 1.165) is 54.6 Å². The molecule has 7 nitrogen and oxygen atoms in total. The number of likely N-dealkylation sites (tertiary alicyclic amines) is 2. The molecule has 7 heteroatoms. The van der Waals surface area contributed by atoms with Gasteiger partial charge in [0.1, 0.15) is 5.82 Å². The molecule has 2 atom stereocenters. The van der Waals surface area contributed by atoms with Crippen molar-refractivity contribution < 1.29 is 14.3 Å². The van der Waals surface area contributed by atoms with Crippen LogP contribution in [0.25, 0.3) is 11.3 Å². The average Bonchev–Trinajstić information content (AvgIpc) is 3.59. The Morgan fingerprint density at radius 3 is 2.63 bits per heavy atom. The van der Waals surface area contributed by atoms with Gasteiger partial charge in [-0.15, -0.1) is 0 Å². The van der Waals surface area contributed by atoms with Crippen LogP contribution in [0.2, 0.25) is 0 Å². The number of nitrogens with zero attached hydrogens (tertiary/aromatic N) is 4. The highest BCUT2D eigenvalue weighted by molar-refractivity contribution is 5.81. The molecule has 0 spiro atoms. The van der Waals surface area contributed by atoms with Crippen molar-refractivity contribution in [3.8, 4) is 22.8 Å². The number of hydrogen-bond acceptors (Lipinski definition) is 5. The van der Waals surface area contributed by atoms with Crippen LogP contribution in [-0.2, 0) is 11.3 Å². The Morgan fingerprint density at radius 1 is 1.00 bits per heavy atom. The molecule has 3 aliphatic heterocycles. The molecule has 35 heavy (non-hydrogen) atoms. The Bertz CT molecular complexity index is 1200. The number of ether oxygens (including phenoxy) is 2. The van der Waals surface area contributed by atoms with Gasteiger partial charge in [-0.25, -0.2) is 4.98 Å². The van der Waals surface area contributed by atoms with Crippen molar-refractivity contribution in [2.24, 2.45) is 5.92 Å². The first-order valence-corrected chi connectivity index (χ1v) is 12.7. The molecule has 2 saturated heterocycles. The lowest BCUT2D eigenvalue weighted by atomic mass is 10.0. The normalized spacial score (nSPS) is 22.2. The lowest BCUT2D eigenvalue weighted by molar-refractivity contribution is -0.131. The largest absolute Gasteiger partial charge is 0.454 e. The molecule has 3 aromatic rings. The number of benzene rings is 2. The standard InChI is InChI=1S/C28H32N4O3/c1-30-24(14-22(28(30)33)17-31-12-6-3-7-13-31)27-29-23(18-32(27)16-20-8-4-2-5-9-20)21-10-11-25-26(15-21)35-19-34-25/h2,4-5,8-11,15,18,22,24H,3,6-7,12-14,16-17,19H2,1H3/t22-,24+/m1/s1. The summed E-state index contributed by atoms with van der Waals surface area (Å²) in [5.41, 5.74) is 3.08. The van der Waals surface area contributed by atoms with E-state index in [9.17, 15) is 4.79 Å². The van der Waals surface area contributed by atoms with E-state index in [1.54, 1.807) is 0 Å². The number of rotatable bonds is 6. The molecule has 2 fully saturated rings. The van der Waals surface area contributed by atoms with Crippen LogP contribution in [0, 0.1) is 5.92 Å². The lowest BCUT2D eigenvalue weighted by Crippen LogP contribution is -2.37. The van der Waals surface area contributed by atoms with Crippen molar-refractivity contribution in [3.63, 3.8) is 0 Å².